The quantitative estimate of drug-likeness (QED) is 0.781. The maximum atomic E-state index is 11.6. The van der Waals surface area contributed by atoms with Crippen LogP contribution >= 0.6 is 22.6 Å². The highest BCUT2D eigenvalue weighted by molar-refractivity contribution is 14.1. The first kappa shape index (κ1) is 14.9. The van der Waals surface area contributed by atoms with Gasteiger partial charge in [0, 0.05) is 15.9 Å². The SMILES string of the molecule is CC(C)C(=O)N[C@H](Cc1ccc(I)cc1)C(N)=O. The molecule has 0 spiro atoms. The summed E-state index contributed by atoms with van der Waals surface area (Å²) in [6, 6.07) is 7.12. The Morgan fingerprint density at radius 3 is 2.28 bits per heavy atom. The Kier molecular flexibility index (Phi) is 5.58. The number of amides is 2. The summed E-state index contributed by atoms with van der Waals surface area (Å²) in [4.78, 5) is 22.9. The van der Waals surface area contributed by atoms with Crippen LogP contribution in [0.4, 0.5) is 0 Å². The van der Waals surface area contributed by atoms with E-state index in [4.69, 9.17) is 5.73 Å². The van der Waals surface area contributed by atoms with Crippen molar-refractivity contribution in [3.63, 3.8) is 0 Å². The lowest BCUT2D eigenvalue weighted by molar-refractivity contribution is -0.129. The topological polar surface area (TPSA) is 72.2 Å². The number of benzene rings is 1. The number of carbonyl (C=O) groups is 2. The summed E-state index contributed by atoms with van der Waals surface area (Å²) in [5.41, 5.74) is 6.28. The van der Waals surface area contributed by atoms with Gasteiger partial charge in [-0.2, -0.15) is 0 Å². The van der Waals surface area contributed by atoms with Crippen LogP contribution in [-0.2, 0) is 16.0 Å². The Morgan fingerprint density at radius 1 is 1.28 bits per heavy atom. The van der Waals surface area contributed by atoms with Crippen molar-refractivity contribution in [3.8, 4) is 0 Å². The third-order valence-corrected chi connectivity index (χ3v) is 3.26. The summed E-state index contributed by atoms with van der Waals surface area (Å²) in [6.45, 7) is 3.55. The van der Waals surface area contributed by atoms with E-state index in [0.717, 1.165) is 9.13 Å². The molecular formula is C13H17IN2O2. The van der Waals surface area contributed by atoms with E-state index in [2.05, 4.69) is 27.9 Å². The van der Waals surface area contributed by atoms with Crippen molar-refractivity contribution in [3.05, 3.63) is 33.4 Å². The molecule has 0 aliphatic carbocycles. The summed E-state index contributed by atoms with van der Waals surface area (Å²) >= 11 is 2.21. The molecule has 1 rings (SSSR count). The van der Waals surface area contributed by atoms with Crippen LogP contribution in [0, 0.1) is 9.49 Å². The average Bonchev–Trinajstić information content (AvgIpc) is 2.30. The van der Waals surface area contributed by atoms with Gasteiger partial charge in [0.05, 0.1) is 0 Å². The molecule has 3 N–H and O–H groups in total. The first-order valence-electron chi connectivity index (χ1n) is 5.74. The molecule has 0 bridgehead atoms. The maximum Gasteiger partial charge on any atom is 0.240 e. The molecule has 1 aromatic rings. The molecule has 0 aliphatic heterocycles. The van der Waals surface area contributed by atoms with E-state index in [1.165, 1.54) is 0 Å². The fraction of sp³-hybridized carbons (Fsp3) is 0.385. The summed E-state index contributed by atoms with van der Waals surface area (Å²) < 4.78 is 1.12. The number of halogens is 1. The van der Waals surface area contributed by atoms with E-state index in [1.54, 1.807) is 13.8 Å². The minimum Gasteiger partial charge on any atom is -0.368 e. The molecule has 98 valence electrons. The molecule has 0 saturated heterocycles. The first-order chi connectivity index (χ1) is 8.40. The van der Waals surface area contributed by atoms with E-state index in [0.29, 0.717) is 6.42 Å². The number of carbonyl (C=O) groups excluding carboxylic acids is 2. The monoisotopic (exact) mass is 360 g/mol. The second-order valence-electron chi connectivity index (χ2n) is 4.45. The molecule has 2 amide bonds. The number of rotatable bonds is 5. The van der Waals surface area contributed by atoms with Crippen molar-refractivity contribution in [2.24, 2.45) is 11.7 Å². The number of hydrogen-bond donors (Lipinski definition) is 2. The minimum absolute atomic E-state index is 0.163. The largest absolute Gasteiger partial charge is 0.368 e. The highest BCUT2D eigenvalue weighted by Gasteiger charge is 2.19. The second kappa shape index (κ2) is 6.72. The highest BCUT2D eigenvalue weighted by atomic mass is 127. The van der Waals surface area contributed by atoms with E-state index in [9.17, 15) is 9.59 Å². The van der Waals surface area contributed by atoms with Crippen molar-refractivity contribution in [1.29, 1.82) is 0 Å². The molecule has 0 aliphatic rings. The lowest BCUT2D eigenvalue weighted by atomic mass is 10.0. The van der Waals surface area contributed by atoms with Gasteiger partial charge in [0.1, 0.15) is 6.04 Å². The van der Waals surface area contributed by atoms with E-state index in [-0.39, 0.29) is 11.8 Å². The van der Waals surface area contributed by atoms with Gasteiger partial charge in [-0.15, -0.1) is 0 Å². The Labute approximate surface area is 120 Å². The maximum absolute atomic E-state index is 11.6. The van der Waals surface area contributed by atoms with Gasteiger partial charge >= 0.3 is 0 Å². The minimum atomic E-state index is -0.653. The van der Waals surface area contributed by atoms with Crippen LogP contribution in [0.25, 0.3) is 0 Å². The van der Waals surface area contributed by atoms with Gasteiger partial charge in [-0.3, -0.25) is 9.59 Å². The van der Waals surface area contributed by atoms with Gasteiger partial charge in [0.15, 0.2) is 0 Å². The fourth-order valence-electron chi connectivity index (χ4n) is 1.42. The van der Waals surface area contributed by atoms with Crippen LogP contribution in [0.1, 0.15) is 19.4 Å². The molecule has 0 heterocycles. The van der Waals surface area contributed by atoms with Gasteiger partial charge < -0.3 is 11.1 Å². The predicted octanol–water partition coefficient (Wildman–Crippen LogP) is 1.46. The smallest absolute Gasteiger partial charge is 0.240 e. The van der Waals surface area contributed by atoms with Gasteiger partial charge in [-0.1, -0.05) is 26.0 Å². The number of hydrogen-bond acceptors (Lipinski definition) is 2. The van der Waals surface area contributed by atoms with Crippen LogP contribution in [0.2, 0.25) is 0 Å². The summed E-state index contributed by atoms with van der Waals surface area (Å²) in [7, 11) is 0. The van der Waals surface area contributed by atoms with Crippen molar-refractivity contribution in [2.45, 2.75) is 26.3 Å². The number of nitrogens with two attached hydrogens (primary N) is 1. The molecule has 4 nitrogen and oxygen atoms in total. The molecule has 0 unspecified atom stereocenters. The Bertz CT molecular complexity index is 429. The first-order valence-corrected chi connectivity index (χ1v) is 6.82. The van der Waals surface area contributed by atoms with Crippen LogP contribution in [-0.4, -0.2) is 17.9 Å². The van der Waals surface area contributed by atoms with Crippen molar-refractivity contribution in [2.75, 3.05) is 0 Å². The predicted molar refractivity (Wildman–Crippen MR) is 78.8 cm³/mol. The number of primary amides is 1. The van der Waals surface area contributed by atoms with Gasteiger partial charge in [0.25, 0.3) is 0 Å². The molecule has 18 heavy (non-hydrogen) atoms. The second-order valence-corrected chi connectivity index (χ2v) is 5.69. The Hall–Kier alpha value is -1.11. The third-order valence-electron chi connectivity index (χ3n) is 2.54. The molecule has 5 heteroatoms. The molecule has 1 atom stereocenters. The highest BCUT2D eigenvalue weighted by Crippen LogP contribution is 2.09. The molecule has 0 radical (unpaired) electrons. The van der Waals surface area contributed by atoms with Crippen LogP contribution < -0.4 is 11.1 Å². The zero-order valence-corrected chi connectivity index (χ0v) is 12.6. The van der Waals surface area contributed by atoms with Crippen LogP contribution in [0.3, 0.4) is 0 Å². The summed E-state index contributed by atoms with van der Waals surface area (Å²) in [6.07, 6.45) is 0.421. The van der Waals surface area contributed by atoms with E-state index < -0.39 is 11.9 Å². The lowest BCUT2D eigenvalue weighted by Gasteiger charge is -2.17. The standard InChI is InChI=1S/C13H17IN2O2/c1-8(2)13(18)16-11(12(15)17)7-9-3-5-10(14)6-4-9/h3-6,8,11H,7H2,1-2H3,(H2,15,17)(H,16,18)/t11-/m1/s1. The molecular weight excluding hydrogens is 343 g/mol. The zero-order valence-electron chi connectivity index (χ0n) is 10.4. The molecule has 0 fully saturated rings. The normalized spacial score (nSPS) is 12.2. The third kappa shape index (κ3) is 4.64. The fourth-order valence-corrected chi connectivity index (χ4v) is 1.78. The lowest BCUT2D eigenvalue weighted by Crippen LogP contribution is -2.47. The van der Waals surface area contributed by atoms with Gasteiger partial charge in [0.2, 0.25) is 11.8 Å². The molecule has 1 aromatic carbocycles. The van der Waals surface area contributed by atoms with Gasteiger partial charge in [-0.05, 0) is 40.3 Å². The Morgan fingerprint density at radius 2 is 1.83 bits per heavy atom. The van der Waals surface area contributed by atoms with E-state index in [1.807, 2.05) is 24.3 Å². The van der Waals surface area contributed by atoms with Crippen molar-refractivity contribution >= 4 is 34.4 Å². The van der Waals surface area contributed by atoms with Crippen LogP contribution in [0.5, 0.6) is 0 Å². The zero-order chi connectivity index (χ0) is 13.7. The Balaban J connectivity index is 2.72. The average molecular weight is 360 g/mol. The summed E-state index contributed by atoms with van der Waals surface area (Å²) in [5.74, 6) is -0.838. The van der Waals surface area contributed by atoms with Crippen molar-refractivity contribution in [1.82, 2.24) is 5.32 Å². The molecule has 0 aromatic heterocycles. The van der Waals surface area contributed by atoms with Crippen molar-refractivity contribution < 1.29 is 9.59 Å². The number of nitrogens with one attached hydrogen (secondary N) is 1. The molecule has 0 saturated carbocycles. The summed E-state index contributed by atoms with van der Waals surface area (Å²) in [5, 5.41) is 2.66. The van der Waals surface area contributed by atoms with Gasteiger partial charge in [-0.25, -0.2) is 0 Å². The van der Waals surface area contributed by atoms with E-state index >= 15 is 0 Å². The van der Waals surface area contributed by atoms with Crippen LogP contribution in [0.15, 0.2) is 24.3 Å².